The second-order valence-electron chi connectivity index (χ2n) is 7.19. The molecule has 162 valence electrons. The van der Waals surface area contributed by atoms with Crippen LogP contribution in [0, 0.1) is 0 Å². The Morgan fingerprint density at radius 2 is 1.77 bits per heavy atom. The lowest BCUT2D eigenvalue weighted by Gasteiger charge is -2.10. The van der Waals surface area contributed by atoms with Crippen molar-refractivity contribution in [2.24, 2.45) is 0 Å². The molecule has 0 aliphatic heterocycles. The van der Waals surface area contributed by atoms with E-state index in [1.165, 1.54) is 29.5 Å². The number of halogens is 3. The van der Waals surface area contributed by atoms with Gasteiger partial charge in [0.2, 0.25) is 0 Å². The lowest BCUT2D eigenvalue weighted by atomic mass is 10.0. The van der Waals surface area contributed by atoms with Crippen LogP contribution in [0.2, 0.25) is 0 Å². The summed E-state index contributed by atoms with van der Waals surface area (Å²) in [4.78, 5) is 24.1. The van der Waals surface area contributed by atoms with Crippen LogP contribution in [0.15, 0.2) is 47.1 Å². The molecule has 0 atom stereocenters. The van der Waals surface area contributed by atoms with Gasteiger partial charge in [0.1, 0.15) is 11.3 Å². The molecule has 0 saturated heterocycles. The van der Waals surface area contributed by atoms with Gasteiger partial charge >= 0.3 is 12.3 Å². The zero-order chi connectivity index (χ0) is 22.0. The van der Waals surface area contributed by atoms with Crippen LogP contribution in [0.1, 0.15) is 23.1 Å². The molecule has 0 fully saturated rings. The number of hydrogen-bond acceptors (Lipinski definition) is 5. The predicted molar refractivity (Wildman–Crippen MR) is 105 cm³/mol. The molecule has 0 saturated carbocycles. The summed E-state index contributed by atoms with van der Waals surface area (Å²) in [6.45, 7) is -0.523. The van der Waals surface area contributed by atoms with E-state index in [0.29, 0.717) is 5.56 Å². The van der Waals surface area contributed by atoms with Gasteiger partial charge in [-0.3, -0.25) is 9.59 Å². The first-order chi connectivity index (χ1) is 14.8. The van der Waals surface area contributed by atoms with Crippen LogP contribution in [0.4, 0.5) is 18.9 Å². The first kappa shape index (κ1) is 20.8. The van der Waals surface area contributed by atoms with Gasteiger partial charge in [-0.1, -0.05) is 0 Å². The normalized spacial score (nSPS) is 13.1. The zero-order valence-corrected chi connectivity index (χ0v) is 16.3. The van der Waals surface area contributed by atoms with Gasteiger partial charge in [0.25, 0.3) is 5.91 Å². The van der Waals surface area contributed by atoms with Crippen molar-refractivity contribution in [2.75, 3.05) is 11.9 Å². The van der Waals surface area contributed by atoms with Gasteiger partial charge in [-0.15, -0.1) is 13.2 Å². The van der Waals surface area contributed by atoms with Crippen LogP contribution >= 0.6 is 0 Å². The van der Waals surface area contributed by atoms with Gasteiger partial charge in [0.05, 0.1) is 12.7 Å². The Morgan fingerprint density at radius 1 is 1.06 bits per heavy atom. The molecular formula is C22H18F3NO5. The number of fused-ring (bicyclic) bond motifs is 2. The summed E-state index contributed by atoms with van der Waals surface area (Å²) in [5, 5.41) is 3.30. The molecule has 0 bridgehead atoms. The van der Waals surface area contributed by atoms with Gasteiger partial charge in [-0.05, 0) is 66.8 Å². The highest BCUT2D eigenvalue weighted by molar-refractivity contribution is 5.93. The molecule has 6 nitrogen and oxygen atoms in total. The van der Waals surface area contributed by atoms with Crippen molar-refractivity contribution in [3.63, 3.8) is 0 Å². The highest BCUT2D eigenvalue weighted by atomic mass is 19.4. The molecule has 0 spiro atoms. The Labute approximate surface area is 174 Å². The topological polar surface area (TPSA) is 77.8 Å². The molecule has 1 N–H and O–H groups in total. The number of alkyl halides is 3. The molecule has 1 aliphatic carbocycles. The van der Waals surface area contributed by atoms with Crippen molar-refractivity contribution in [3.05, 3.63) is 59.4 Å². The van der Waals surface area contributed by atoms with Crippen molar-refractivity contribution in [2.45, 2.75) is 32.0 Å². The van der Waals surface area contributed by atoms with Crippen molar-refractivity contribution in [1.82, 2.24) is 0 Å². The summed E-state index contributed by atoms with van der Waals surface area (Å²) >= 11 is 0. The average Bonchev–Trinajstić information content (AvgIpc) is 3.32. The lowest BCUT2D eigenvalue weighted by molar-refractivity contribution is -0.274. The molecule has 31 heavy (non-hydrogen) atoms. The first-order valence-corrected chi connectivity index (χ1v) is 9.60. The van der Waals surface area contributed by atoms with E-state index >= 15 is 0 Å². The number of amides is 1. The van der Waals surface area contributed by atoms with Crippen LogP contribution in [0.3, 0.4) is 0 Å². The molecule has 4 rings (SSSR count). The van der Waals surface area contributed by atoms with E-state index in [-0.39, 0.29) is 12.1 Å². The quantitative estimate of drug-likeness (QED) is 0.578. The van der Waals surface area contributed by atoms with E-state index in [9.17, 15) is 22.8 Å². The molecule has 1 heterocycles. The monoisotopic (exact) mass is 433 g/mol. The maximum atomic E-state index is 12.2. The highest BCUT2D eigenvalue weighted by Gasteiger charge is 2.31. The van der Waals surface area contributed by atoms with Crippen LogP contribution in [0.25, 0.3) is 11.0 Å². The van der Waals surface area contributed by atoms with Crippen LogP contribution in [0.5, 0.6) is 5.75 Å². The Morgan fingerprint density at radius 3 is 2.48 bits per heavy atom. The van der Waals surface area contributed by atoms with Crippen molar-refractivity contribution in [1.29, 1.82) is 0 Å². The molecule has 3 aromatic rings. The maximum absolute atomic E-state index is 12.2. The minimum atomic E-state index is -4.79. The largest absolute Gasteiger partial charge is 0.573 e. The van der Waals surface area contributed by atoms with Gasteiger partial charge in [-0.25, -0.2) is 0 Å². The molecular weight excluding hydrogens is 415 g/mol. The van der Waals surface area contributed by atoms with E-state index in [4.69, 9.17) is 9.15 Å². The number of carbonyl (C=O) groups excluding carboxylic acids is 2. The van der Waals surface area contributed by atoms with E-state index in [2.05, 4.69) is 10.1 Å². The lowest BCUT2D eigenvalue weighted by Crippen LogP contribution is -2.21. The minimum Gasteiger partial charge on any atom is -0.464 e. The molecule has 0 unspecified atom stereocenters. The summed E-state index contributed by atoms with van der Waals surface area (Å²) in [6, 6.07) is 8.67. The van der Waals surface area contributed by atoms with E-state index in [0.717, 1.165) is 42.4 Å². The first-order valence-electron chi connectivity index (χ1n) is 9.60. The number of ether oxygens (including phenoxy) is 2. The Bertz CT molecular complexity index is 1120. The number of carbonyl (C=O) groups is 2. The predicted octanol–water partition coefficient (Wildman–Crippen LogP) is 4.54. The average molecular weight is 433 g/mol. The number of rotatable bonds is 6. The number of furan rings is 1. The second kappa shape index (κ2) is 8.33. The summed E-state index contributed by atoms with van der Waals surface area (Å²) in [5.74, 6) is -1.62. The van der Waals surface area contributed by atoms with Gasteiger partial charge in [0, 0.05) is 16.6 Å². The van der Waals surface area contributed by atoms with Crippen LogP contribution in [-0.4, -0.2) is 24.8 Å². The van der Waals surface area contributed by atoms with E-state index in [1.54, 1.807) is 0 Å². The second-order valence-corrected chi connectivity index (χ2v) is 7.19. The fraction of sp³-hybridized carbons (Fsp3) is 0.273. The van der Waals surface area contributed by atoms with Crippen molar-refractivity contribution >= 4 is 28.5 Å². The SMILES string of the molecule is O=C(COC(=O)Cc1coc2cc3c(cc12)CCC3)Nc1ccc(OC(F)(F)F)cc1. The van der Waals surface area contributed by atoms with Crippen molar-refractivity contribution < 1.29 is 36.7 Å². The fourth-order valence-electron chi connectivity index (χ4n) is 3.57. The number of benzene rings is 2. The Hall–Kier alpha value is -3.49. The van der Waals surface area contributed by atoms with Crippen LogP contribution < -0.4 is 10.1 Å². The molecule has 1 aromatic heterocycles. The van der Waals surface area contributed by atoms with Crippen LogP contribution in [-0.2, 0) is 33.6 Å². The number of anilines is 1. The molecule has 2 aromatic carbocycles. The Kier molecular flexibility index (Phi) is 5.58. The smallest absolute Gasteiger partial charge is 0.464 e. The van der Waals surface area contributed by atoms with Gasteiger partial charge < -0.3 is 19.2 Å². The minimum absolute atomic E-state index is 0.0391. The maximum Gasteiger partial charge on any atom is 0.573 e. The van der Waals surface area contributed by atoms with E-state index in [1.807, 2.05) is 12.1 Å². The number of hydrogen-bond donors (Lipinski definition) is 1. The number of nitrogens with one attached hydrogen (secondary N) is 1. The van der Waals surface area contributed by atoms with Gasteiger partial charge in [0.15, 0.2) is 6.61 Å². The molecule has 1 aliphatic rings. The highest BCUT2D eigenvalue weighted by Crippen LogP contribution is 2.30. The van der Waals surface area contributed by atoms with Crippen molar-refractivity contribution in [3.8, 4) is 5.75 Å². The number of esters is 1. The zero-order valence-electron chi connectivity index (χ0n) is 16.3. The third-order valence-corrected chi connectivity index (χ3v) is 4.94. The summed E-state index contributed by atoms with van der Waals surface area (Å²) < 4.78 is 50.8. The van der Waals surface area contributed by atoms with E-state index < -0.39 is 30.6 Å². The number of aryl methyl sites for hydroxylation is 2. The summed E-state index contributed by atoms with van der Waals surface area (Å²) in [5.41, 5.74) is 4.18. The summed E-state index contributed by atoms with van der Waals surface area (Å²) in [7, 11) is 0. The Balaban J connectivity index is 1.29. The third-order valence-electron chi connectivity index (χ3n) is 4.94. The third kappa shape index (κ3) is 5.17. The molecule has 1 amide bonds. The molecule has 9 heteroatoms. The molecule has 0 radical (unpaired) electrons. The van der Waals surface area contributed by atoms with Gasteiger partial charge in [-0.2, -0.15) is 0 Å². The fourth-order valence-corrected chi connectivity index (χ4v) is 3.57. The standard InChI is InChI=1S/C22H18F3NO5/c23-22(24,25)31-17-6-4-16(5-7-17)26-20(27)12-30-21(28)10-15-11-29-19-9-14-3-1-2-13(14)8-18(15)19/h4-9,11H,1-3,10,12H2,(H,26,27). The summed E-state index contributed by atoms with van der Waals surface area (Å²) in [6.07, 6.45) is -0.180.